The number of esters is 1. The van der Waals surface area contributed by atoms with Crippen LogP contribution < -0.4 is 5.32 Å². The molecule has 0 aromatic heterocycles. The van der Waals surface area contributed by atoms with Crippen LogP contribution in [0.3, 0.4) is 0 Å². The number of carbonyl (C=O) groups excluding carboxylic acids is 1. The van der Waals surface area contributed by atoms with Crippen LogP contribution in [0, 0.1) is 0 Å². The fourth-order valence-corrected chi connectivity index (χ4v) is 4.96. The summed E-state index contributed by atoms with van der Waals surface area (Å²) in [5.74, 6) is -0.487. The highest BCUT2D eigenvalue weighted by Gasteiger charge is 2.19. The zero-order valence-electron chi connectivity index (χ0n) is 19.5. The van der Waals surface area contributed by atoms with E-state index in [2.05, 4.69) is 5.32 Å². The first-order valence-corrected chi connectivity index (χ1v) is 12.8. The molecule has 0 aliphatic heterocycles. The summed E-state index contributed by atoms with van der Waals surface area (Å²) in [7, 11) is -3.71. The van der Waals surface area contributed by atoms with Crippen molar-refractivity contribution in [3.63, 3.8) is 0 Å². The molecule has 2 atom stereocenters. The number of aliphatic hydroxyl groups is 1. The zero-order valence-corrected chi connectivity index (χ0v) is 21.9. The molecule has 3 aromatic rings. The van der Waals surface area contributed by atoms with Crippen molar-refractivity contribution in [1.82, 2.24) is 5.32 Å². The molecule has 0 unspecified atom stereocenters. The maximum Gasteiger partial charge on any atom is 0.338 e. The van der Waals surface area contributed by atoms with Crippen molar-refractivity contribution in [2.45, 2.75) is 42.2 Å². The van der Waals surface area contributed by atoms with Gasteiger partial charge in [-0.1, -0.05) is 35.9 Å². The average Bonchev–Trinajstić information content (AvgIpc) is 2.83. The minimum atomic E-state index is -3.71. The molecule has 0 aliphatic rings. The summed E-state index contributed by atoms with van der Waals surface area (Å²) in [6.07, 6.45) is -0.0134. The van der Waals surface area contributed by atoms with Gasteiger partial charge in [-0.3, -0.25) is 0 Å². The van der Waals surface area contributed by atoms with Gasteiger partial charge in [-0.05, 0) is 79.9 Å². The maximum atomic E-state index is 12.9. The Kier molecular flexibility index (Phi) is 10.7. The van der Waals surface area contributed by atoms with Crippen LogP contribution in [-0.2, 0) is 21.0 Å². The van der Waals surface area contributed by atoms with Gasteiger partial charge in [0.05, 0.1) is 28.1 Å². The van der Waals surface area contributed by atoms with E-state index >= 15 is 0 Å². The highest BCUT2D eigenvalue weighted by molar-refractivity contribution is 7.91. The molecular formula is C26H29Cl2NO5S. The number of sulfone groups is 1. The second-order valence-electron chi connectivity index (χ2n) is 7.98. The molecule has 0 saturated heterocycles. The summed E-state index contributed by atoms with van der Waals surface area (Å²) in [4.78, 5) is 12.1. The SMILES string of the molecule is CCOC(=O)c1ccc(S(=O)(=O)c2ccc(C[C@@H](C)NC[C@@H](O)c3cccc(Cl)c3)cc2)cc1.Cl. The van der Waals surface area contributed by atoms with E-state index in [1.54, 1.807) is 49.4 Å². The Labute approximate surface area is 217 Å². The lowest BCUT2D eigenvalue weighted by Crippen LogP contribution is -2.32. The monoisotopic (exact) mass is 537 g/mol. The molecule has 6 nitrogen and oxygen atoms in total. The first-order chi connectivity index (χ1) is 16.2. The van der Waals surface area contributed by atoms with Crippen LogP contribution in [0.25, 0.3) is 0 Å². The minimum absolute atomic E-state index is 0. The maximum absolute atomic E-state index is 12.9. The highest BCUT2D eigenvalue weighted by atomic mass is 35.5. The number of nitrogens with one attached hydrogen (secondary N) is 1. The van der Waals surface area contributed by atoms with E-state index in [9.17, 15) is 18.3 Å². The predicted molar refractivity (Wildman–Crippen MR) is 139 cm³/mol. The lowest BCUT2D eigenvalue weighted by atomic mass is 10.1. The Morgan fingerprint density at radius 3 is 2.20 bits per heavy atom. The molecule has 0 heterocycles. The number of carbonyl (C=O) groups is 1. The predicted octanol–water partition coefficient (Wildman–Crippen LogP) is 5.03. The number of hydrogen-bond acceptors (Lipinski definition) is 6. The van der Waals surface area contributed by atoms with Gasteiger partial charge in [-0.15, -0.1) is 12.4 Å². The normalized spacial score (nSPS) is 12.9. The van der Waals surface area contributed by atoms with Gasteiger partial charge >= 0.3 is 5.97 Å². The molecule has 188 valence electrons. The van der Waals surface area contributed by atoms with Crippen LogP contribution in [-0.4, -0.2) is 38.7 Å². The van der Waals surface area contributed by atoms with Gasteiger partial charge < -0.3 is 15.2 Å². The van der Waals surface area contributed by atoms with Crippen molar-refractivity contribution in [1.29, 1.82) is 0 Å². The lowest BCUT2D eigenvalue weighted by Gasteiger charge is -2.18. The molecule has 0 bridgehead atoms. The van der Waals surface area contributed by atoms with Crippen molar-refractivity contribution in [3.05, 3.63) is 94.5 Å². The molecule has 0 aliphatic carbocycles. The second kappa shape index (κ2) is 13.0. The number of ether oxygens (including phenoxy) is 1. The van der Waals surface area contributed by atoms with Crippen molar-refractivity contribution in [2.24, 2.45) is 0 Å². The molecule has 0 saturated carbocycles. The first-order valence-electron chi connectivity index (χ1n) is 11.0. The molecule has 2 N–H and O–H groups in total. The highest BCUT2D eigenvalue weighted by Crippen LogP contribution is 2.22. The van der Waals surface area contributed by atoms with E-state index in [-0.39, 0.29) is 34.8 Å². The molecule has 0 radical (unpaired) electrons. The van der Waals surface area contributed by atoms with Gasteiger partial charge in [-0.2, -0.15) is 0 Å². The van der Waals surface area contributed by atoms with Crippen molar-refractivity contribution < 1.29 is 23.1 Å². The molecule has 3 rings (SSSR count). The van der Waals surface area contributed by atoms with Gasteiger partial charge in [-0.25, -0.2) is 13.2 Å². The fraction of sp³-hybridized carbons (Fsp3) is 0.269. The lowest BCUT2D eigenvalue weighted by molar-refractivity contribution is 0.0526. The Hall–Kier alpha value is -2.42. The molecule has 0 amide bonds. The summed E-state index contributed by atoms with van der Waals surface area (Å²) in [6.45, 7) is 4.33. The van der Waals surface area contributed by atoms with Crippen molar-refractivity contribution in [2.75, 3.05) is 13.2 Å². The number of benzene rings is 3. The smallest absolute Gasteiger partial charge is 0.338 e. The Bertz CT molecular complexity index is 1220. The van der Waals surface area contributed by atoms with Crippen LogP contribution in [0.15, 0.2) is 82.6 Å². The van der Waals surface area contributed by atoms with E-state index in [0.29, 0.717) is 23.6 Å². The average molecular weight is 538 g/mol. The minimum Gasteiger partial charge on any atom is -0.462 e. The van der Waals surface area contributed by atoms with Gasteiger partial charge in [0.15, 0.2) is 0 Å². The Balaban J connectivity index is 0.00000432. The van der Waals surface area contributed by atoms with E-state index < -0.39 is 21.9 Å². The fourth-order valence-electron chi connectivity index (χ4n) is 3.50. The number of halogens is 2. The third-order valence-electron chi connectivity index (χ3n) is 5.34. The third kappa shape index (κ3) is 7.78. The number of rotatable bonds is 10. The number of aliphatic hydroxyl groups excluding tert-OH is 1. The topological polar surface area (TPSA) is 92.7 Å². The first kappa shape index (κ1) is 28.8. The largest absolute Gasteiger partial charge is 0.462 e. The third-order valence-corrected chi connectivity index (χ3v) is 7.37. The molecule has 9 heteroatoms. The van der Waals surface area contributed by atoms with Crippen LogP contribution in [0.4, 0.5) is 0 Å². The van der Waals surface area contributed by atoms with Crippen LogP contribution in [0.2, 0.25) is 5.02 Å². The van der Waals surface area contributed by atoms with Gasteiger partial charge in [0, 0.05) is 17.6 Å². The van der Waals surface area contributed by atoms with Gasteiger partial charge in [0.1, 0.15) is 0 Å². The van der Waals surface area contributed by atoms with Crippen molar-refractivity contribution in [3.8, 4) is 0 Å². The number of hydrogen-bond donors (Lipinski definition) is 2. The molecule has 35 heavy (non-hydrogen) atoms. The standard InChI is InChI=1S/C26H28ClNO5S.ClH/c1-3-33-26(30)20-9-13-24(14-10-20)34(31,32)23-11-7-19(8-12-23)15-18(2)28-17-25(29)21-5-4-6-22(27)16-21;/h4-14,16,18,25,28-29H,3,15,17H2,1-2H3;1H/t18-,25-;/m1./s1. The Morgan fingerprint density at radius 1 is 1.03 bits per heavy atom. The quantitative estimate of drug-likeness (QED) is 0.352. The van der Waals surface area contributed by atoms with Crippen LogP contribution in [0.5, 0.6) is 0 Å². The van der Waals surface area contributed by atoms with E-state index in [1.807, 2.05) is 13.0 Å². The van der Waals surface area contributed by atoms with Crippen LogP contribution in [0.1, 0.15) is 41.4 Å². The van der Waals surface area contributed by atoms with E-state index in [0.717, 1.165) is 11.1 Å². The molecular weight excluding hydrogens is 509 g/mol. The molecule has 0 fully saturated rings. The van der Waals surface area contributed by atoms with Gasteiger partial charge in [0.2, 0.25) is 9.84 Å². The summed E-state index contributed by atoms with van der Waals surface area (Å²) < 4.78 is 30.8. The van der Waals surface area contributed by atoms with Gasteiger partial charge in [0.25, 0.3) is 0 Å². The Morgan fingerprint density at radius 2 is 1.63 bits per heavy atom. The van der Waals surface area contributed by atoms with E-state index in [1.165, 1.54) is 24.3 Å². The van der Waals surface area contributed by atoms with Crippen LogP contribution >= 0.6 is 24.0 Å². The van der Waals surface area contributed by atoms with E-state index in [4.69, 9.17) is 16.3 Å². The zero-order chi connectivity index (χ0) is 24.7. The summed E-state index contributed by atoms with van der Waals surface area (Å²) in [6, 6.07) is 19.6. The second-order valence-corrected chi connectivity index (χ2v) is 10.4. The van der Waals surface area contributed by atoms with Crippen molar-refractivity contribution >= 4 is 39.8 Å². The summed E-state index contributed by atoms with van der Waals surface area (Å²) in [5, 5.41) is 14.2. The summed E-state index contributed by atoms with van der Waals surface area (Å²) in [5.41, 5.74) is 2.02. The molecule has 3 aromatic carbocycles. The summed E-state index contributed by atoms with van der Waals surface area (Å²) >= 11 is 5.98. The molecule has 0 spiro atoms.